The van der Waals surface area contributed by atoms with Gasteiger partial charge in [-0.2, -0.15) is 0 Å². The van der Waals surface area contributed by atoms with Gasteiger partial charge in [0.15, 0.2) is 0 Å². The third kappa shape index (κ3) is 2.28. The number of hydrogen-bond acceptors (Lipinski definition) is 2. The number of allylic oxidation sites excluding steroid dienone is 4. The average Bonchev–Trinajstić information content (AvgIpc) is 2.39. The molecule has 0 aliphatic heterocycles. The van der Waals surface area contributed by atoms with Crippen molar-refractivity contribution in [3.63, 3.8) is 0 Å². The molecule has 5 atom stereocenters. The zero-order valence-corrected chi connectivity index (χ0v) is 11.5. The van der Waals surface area contributed by atoms with E-state index in [9.17, 15) is 10.2 Å². The van der Waals surface area contributed by atoms with Gasteiger partial charge in [0, 0.05) is 5.41 Å². The fraction of sp³-hybridized carbons (Fsp3) is 0.750. The molecule has 2 heteroatoms. The van der Waals surface area contributed by atoms with Crippen LogP contribution in [0.2, 0.25) is 0 Å². The van der Waals surface area contributed by atoms with E-state index in [2.05, 4.69) is 38.2 Å². The Morgan fingerprint density at radius 3 is 2.39 bits per heavy atom. The molecular weight excluding hydrogens is 224 g/mol. The molecule has 0 aromatic heterocycles. The van der Waals surface area contributed by atoms with Gasteiger partial charge < -0.3 is 10.2 Å². The van der Waals surface area contributed by atoms with E-state index in [0.29, 0.717) is 11.8 Å². The highest BCUT2D eigenvalue weighted by Crippen LogP contribution is 2.46. The predicted molar refractivity (Wildman–Crippen MR) is 74.1 cm³/mol. The molecule has 102 valence electrons. The van der Waals surface area contributed by atoms with Crippen LogP contribution in [-0.2, 0) is 0 Å². The summed E-state index contributed by atoms with van der Waals surface area (Å²) in [5.74, 6) is 1.14. The van der Waals surface area contributed by atoms with Crippen molar-refractivity contribution in [1.29, 1.82) is 0 Å². The molecule has 0 aromatic carbocycles. The van der Waals surface area contributed by atoms with Gasteiger partial charge in [-0.25, -0.2) is 0 Å². The SMILES string of the molecule is CC1CC=CCC1C(O)C1(CO)CC=CCC1C. The van der Waals surface area contributed by atoms with Crippen molar-refractivity contribution < 1.29 is 10.2 Å². The molecular formula is C16H26O2. The highest BCUT2D eigenvalue weighted by atomic mass is 16.3. The summed E-state index contributed by atoms with van der Waals surface area (Å²) < 4.78 is 0. The van der Waals surface area contributed by atoms with Gasteiger partial charge >= 0.3 is 0 Å². The molecule has 0 spiro atoms. The lowest BCUT2D eigenvalue weighted by Crippen LogP contribution is -2.50. The summed E-state index contributed by atoms with van der Waals surface area (Å²) in [6.45, 7) is 4.46. The molecule has 2 aliphatic rings. The van der Waals surface area contributed by atoms with E-state index in [1.807, 2.05) is 0 Å². The van der Waals surface area contributed by atoms with Crippen molar-refractivity contribution in [1.82, 2.24) is 0 Å². The molecule has 2 N–H and O–H groups in total. The minimum Gasteiger partial charge on any atom is -0.396 e. The Bertz CT molecular complexity index is 334. The Balaban J connectivity index is 2.21. The summed E-state index contributed by atoms with van der Waals surface area (Å²) in [5, 5.41) is 20.7. The third-order valence-corrected chi connectivity index (χ3v) is 5.24. The highest BCUT2D eigenvalue weighted by molar-refractivity contribution is 5.07. The minimum absolute atomic E-state index is 0.0899. The van der Waals surface area contributed by atoms with Crippen LogP contribution in [0.1, 0.15) is 39.5 Å². The van der Waals surface area contributed by atoms with Crippen molar-refractivity contribution in [2.24, 2.45) is 23.2 Å². The van der Waals surface area contributed by atoms with E-state index in [-0.39, 0.29) is 17.9 Å². The second kappa shape index (κ2) is 5.58. The second-order valence-electron chi connectivity index (χ2n) is 6.23. The van der Waals surface area contributed by atoms with E-state index in [4.69, 9.17) is 0 Å². The Morgan fingerprint density at radius 1 is 1.11 bits per heavy atom. The van der Waals surface area contributed by atoms with Crippen molar-refractivity contribution in [3.8, 4) is 0 Å². The number of hydrogen-bond donors (Lipinski definition) is 2. The minimum atomic E-state index is -0.401. The molecule has 18 heavy (non-hydrogen) atoms. The smallest absolute Gasteiger partial charge is 0.0657 e. The lowest BCUT2D eigenvalue weighted by atomic mass is 9.61. The molecule has 0 amide bonds. The molecule has 2 nitrogen and oxygen atoms in total. The molecule has 0 bridgehead atoms. The summed E-state index contributed by atoms with van der Waals surface area (Å²) in [6.07, 6.45) is 12.1. The molecule has 2 rings (SSSR count). The molecule has 0 heterocycles. The van der Waals surface area contributed by atoms with Crippen LogP contribution in [0.5, 0.6) is 0 Å². The topological polar surface area (TPSA) is 40.5 Å². The molecule has 0 saturated heterocycles. The van der Waals surface area contributed by atoms with Crippen LogP contribution < -0.4 is 0 Å². The fourth-order valence-corrected chi connectivity index (χ4v) is 3.60. The number of aliphatic hydroxyl groups is 2. The molecule has 0 radical (unpaired) electrons. The maximum Gasteiger partial charge on any atom is 0.0657 e. The Hall–Kier alpha value is -0.600. The van der Waals surface area contributed by atoms with Gasteiger partial charge in [-0.05, 0) is 43.4 Å². The summed E-state index contributed by atoms with van der Waals surface area (Å²) in [7, 11) is 0. The normalized spacial score (nSPS) is 41.9. The van der Waals surface area contributed by atoms with Crippen LogP contribution in [0.15, 0.2) is 24.3 Å². The molecule has 0 aromatic rings. The Labute approximate surface area is 110 Å². The number of aliphatic hydroxyl groups excluding tert-OH is 2. The van der Waals surface area contributed by atoms with Crippen molar-refractivity contribution in [3.05, 3.63) is 24.3 Å². The van der Waals surface area contributed by atoms with Crippen LogP contribution >= 0.6 is 0 Å². The fourth-order valence-electron chi connectivity index (χ4n) is 3.60. The van der Waals surface area contributed by atoms with Gasteiger partial charge in [-0.3, -0.25) is 0 Å². The van der Waals surface area contributed by atoms with E-state index < -0.39 is 6.10 Å². The maximum atomic E-state index is 10.9. The van der Waals surface area contributed by atoms with E-state index in [1.165, 1.54) is 0 Å². The second-order valence-corrected chi connectivity index (χ2v) is 6.23. The van der Waals surface area contributed by atoms with E-state index >= 15 is 0 Å². The molecule has 2 aliphatic carbocycles. The van der Waals surface area contributed by atoms with E-state index in [1.54, 1.807) is 0 Å². The van der Waals surface area contributed by atoms with Gasteiger partial charge in [0.2, 0.25) is 0 Å². The number of rotatable bonds is 3. The van der Waals surface area contributed by atoms with Gasteiger partial charge in [-0.15, -0.1) is 0 Å². The first-order chi connectivity index (χ1) is 8.62. The van der Waals surface area contributed by atoms with Gasteiger partial charge in [-0.1, -0.05) is 38.2 Å². The van der Waals surface area contributed by atoms with Gasteiger partial charge in [0.05, 0.1) is 12.7 Å². The Kier molecular flexibility index (Phi) is 4.29. The summed E-state index contributed by atoms with van der Waals surface area (Å²) >= 11 is 0. The first-order valence-corrected chi connectivity index (χ1v) is 7.20. The highest BCUT2D eigenvalue weighted by Gasteiger charge is 2.46. The van der Waals surface area contributed by atoms with Crippen LogP contribution in [0, 0.1) is 23.2 Å². The predicted octanol–water partition coefficient (Wildman–Crippen LogP) is 2.91. The van der Waals surface area contributed by atoms with Gasteiger partial charge in [0.25, 0.3) is 0 Å². The standard InChI is InChI=1S/C16H26O2/c1-12-7-3-4-9-14(12)15(18)16(11-17)10-6-5-8-13(16)2/h3-6,12-15,17-18H,7-11H2,1-2H3. The van der Waals surface area contributed by atoms with Crippen molar-refractivity contribution in [2.75, 3.05) is 6.61 Å². The average molecular weight is 250 g/mol. The lowest BCUT2D eigenvalue weighted by Gasteiger charge is -2.47. The molecule has 0 saturated carbocycles. The molecule has 0 fully saturated rings. The zero-order valence-electron chi connectivity index (χ0n) is 11.5. The maximum absolute atomic E-state index is 10.9. The quantitative estimate of drug-likeness (QED) is 0.756. The summed E-state index contributed by atoms with van der Waals surface area (Å²) in [6, 6.07) is 0. The van der Waals surface area contributed by atoms with E-state index in [0.717, 1.165) is 25.7 Å². The third-order valence-electron chi connectivity index (χ3n) is 5.24. The van der Waals surface area contributed by atoms with Gasteiger partial charge in [0.1, 0.15) is 0 Å². The summed E-state index contributed by atoms with van der Waals surface area (Å²) in [4.78, 5) is 0. The largest absolute Gasteiger partial charge is 0.396 e. The zero-order chi connectivity index (χ0) is 13.2. The Morgan fingerprint density at radius 2 is 1.78 bits per heavy atom. The van der Waals surface area contributed by atoms with Crippen molar-refractivity contribution >= 4 is 0 Å². The van der Waals surface area contributed by atoms with Crippen LogP contribution in [0.3, 0.4) is 0 Å². The lowest BCUT2D eigenvalue weighted by molar-refractivity contribution is -0.0948. The van der Waals surface area contributed by atoms with Crippen molar-refractivity contribution in [2.45, 2.75) is 45.6 Å². The molecule has 5 unspecified atom stereocenters. The van der Waals surface area contributed by atoms with Crippen LogP contribution in [-0.4, -0.2) is 22.9 Å². The first-order valence-electron chi connectivity index (χ1n) is 7.20. The van der Waals surface area contributed by atoms with Crippen LogP contribution in [0.4, 0.5) is 0 Å². The first kappa shape index (κ1) is 13.8. The summed E-state index contributed by atoms with van der Waals surface area (Å²) in [5.41, 5.74) is -0.334. The monoisotopic (exact) mass is 250 g/mol. The van der Waals surface area contributed by atoms with Crippen LogP contribution in [0.25, 0.3) is 0 Å².